The molecule has 0 saturated carbocycles. The average Bonchev–Trinajstić information content (AvgIpc) is 3.19. The highest BCUT2D eigenvalue weighted by Gasteiger charge is 2.29. The van der Waals surface area contributed by atoms with Crippen LogP contribution in [0.2, 0.25) is 0 Å². The molecular weight excluding hydrogens is 394 g/mol. The number of thiazole rings is 1. The Morgan fingerprint density at radius 3 is 2.64 bits per heavy atom. The van der Waals surface area contributed by atoms with Crippen molar-refractivity contribution in [2.24, 2.45) is 0 Å². The van der Waals surface area contributed by atoms with Gasteiger partial charge in [-0.25, -0.2) is 18.3 Å². The summed E-state index contributed by atoms with van der Waals surface area (Å²) in [5.74, 6) is -1.78. The van der Waals surface area contributed by atoms with Crippen LogP contribution in [-0.4, -0.2) is 29.4 Å². The normalized spacial score (nSPS) is 11.3. The molecule has 0 radical (unpaired) electrons. The van der Waals surface area contributed by atoms with Crippen LogP contribution in [0, 0.1) is 11.8 Å². The SMILES string of the molecule is CNCc1cn(S(=O)(=O)c2nccs2)c(-c2cccnc2F)c1F.Cl. The first-order valence-electron chi connectivity index (χ1n) is 6.77. The first-order valence-corrected chi connectivity index (χ1v) is 9.09. The molecule has 0 aliphatic carbocycles. The molecule has 6 nitrogen and oxygen atoms in total. The van der Waals surface area contributed by atoms with Crippen LogP contribution in [-0.2, 0) is 16.6 Å². The van der Waals surface area contributed by atoms with Crippen LogP contribution in [0.5, 0.6) is 0 Å². The summed E-state index contributed by atoms with van der Waals surface area (Å²) in [6.45, 7) is 0.0844. The summed E-state index contributed by atoms with van der Waals surface area (Å²) in [6, 6.07) is 2.68. The number of hydrogen-bond acceptors (Lipinski definition) is 6. The fourth-order valence-electron chi connectivity index (χ4n) is 2.24. The molecular formula is C14H13ClF2N4O2S2. The van der Waals surface area contributed by atoms with Crippen molar-refractivity contribution in [2.45, 2.75) is 10.9 Å². The number of pyridine rings is 1. The molecule has 0 amide bonds. The van der Waals surface area contributed by atoms with Crippen molar-refractivity contribution in [3.8, 4) is 11.3 Å². The van der Waals surface area contributed by atoms with Gasteiger partial charge >= 0.3 is 0 Å². The Hall–Kier alpha value is -1.88. The van der Waals surface area contributed by atoms with E-state index >= 15 is 0 Å². The molecule has 0 bridgehead atoms. The van der Waals surface area contributed by atoms with E-state index in [1.165, 1.54) is 29.9 Å². The van der Waals surface area contributed by atoms with E-state index in [2.05, 4.69) is 15.3 Å². The third kappa shape index (κ3) is 3.43. The fraction of sp³-hybridized carbons (Fsp3) is 0.143. The van der Waals surface area contributed by atoms with Crippen LogP contribution < -0.4 is 5.32 Å². The van der Waals surface area contributed by atoms with E-state index in [1.807, 2.05) is 0 Å². The second kappa shape index (κ2) is 7.56. The number of hydrogen-bond donors (Lipinski definition) is 1. The number of aromatic nitrogens is 3. The first kappa shape index (κ1) is 19.4. The minimum Gasteiger partial charge on any atom is -0.316 e. The average molecular weight is 407 g/mol. The summed E-state index contributed by atoms with van der Waals surface area (Å²) < 4.78 is 54.8. The highest BCUT2D eigenvalue weighted by Crippen LogP contribution is 2.32. The van der Waals surface area contributed by atoms with Gasteiger partial charge < -0.3 is 5.32 Å². The van der Waals surface area contributed by atoms with E-state index in [0.29, 0.717) is 3.97 Å². The van der Waals surface area contributed by atoms with Gasteiger partial charge in [0.15, 0.2) is 5.82 Å². The Bertz CT molecular complexity index is 975. The van der Waals surface area contributed by atoms with E-state index in [9.17, 15) is 17.2 Å². The third-order valence-corrected chi connectivity index (χ3v) is 6.09. The van der Waals surface area contributed by atoms with E-state index in [1.54, 1.807) is 7.05 Å². The van der Waals surface area contributed by atoms with Gasteiger partial charge in [0.2, 0.25) is 10.3 Å². The van der Waals surface area contributed by atoms with Gasteiger partial charge in [0.05, 0.1) is 5.56 Å². The smallest absolute Gasteiger partial charge is 0.295 e. The number of halogens is 3. The number of nitrogens with one attached hydrogen (secondary N) is 1. The minimum absolute atomic E-state index is 0. The zero-order valence-electron chi connectivity index (χ0n) is 12.8. The van der Waals surface area contributed by atoms with Gasteiger partial charge in [-0.1, -0.05) is 0 Å². The highest BCUT2D eigenvalue weighted by atomic mass is 35.5. The van der Waals surface area contributed by atoms with Crippen molar-refractivity contribution in [3.63, 3.8) is 0 Å². The van der Waals surface area contributed by atoms with E-state index < -0.39 is 27.5 Å². The maximum atomic E-state index is 14.8. The molecule has 1 N–H and O–H groups in total. The van der Waals surface area contributed by atoms with Gasteiger partial charge in [-0.3, -0.25) is 0 Å². The van der Waals surface area contributed by atoms with Gasteiger partial charge in [0, 0.05) is 36.1 Å². The lowest BCUT2D eigenvalue weighted by Gasteiger charge is -2.08. The van der Waals surface area contributed by atoms with Crippen LogP contribution in [0.4, 0.5) is 8.78 Å². The highest BCUT2D eigenvalue weighted by molar-refractivity contribution is 7.92. The topological polar surface area (TPSA) is 76.9 Å². The van der Waals surface area contributed by atoms with Crippen molar-refractivity contribution in [1.82, 2.24) is 19.3 Å². The summed E-state index contributed by atoms with van der Waals surface area (Å²) >= 11 is 0.894. The minimum atomic E-state index is -4.15. The monoisotopic (exact) mass is 406 g/mol. The Labute approximate surface area is 153 Å². The summed E-state index contributed by atoms with van der Waals surface area (Å²) in [5.41, 5.74) is -0.547. The van der Waals surface area contributed by atoms with E-state index in [-0.39, 0.29) is 34.4 Å². The Morgan fingerprint density at radius 2 is 2.04 bits per heavy atom. The van der Waals surface area contributed by atoms with Gasteiger partial charge in [0.25, 0.3) is 10.0 Å². The standard InChI is InChI=1S/C14H12F2N4O2S2.ClH/c1-17-7-9-8-20(24(21,22)14-19-5-6-23-14)12(11(9)15)10-3-2-4-18-13(10)16;/h2-6,8,17H,7H2,1H3;1H. The van der Waals surface area contributed by atoms with Crippen molar-refractivity contribution >= 4 is 33.8 Å². The van der Waals surface area contributed by atoms with Crippen LogP contribution in [0.3, 0.4) is 0 Å². The molecule has 0 atom stereocenters. The van der Waals surface area contributed by atoms with Gasteiger partial charge in [-0.05, 0) is 19.2 Å². The quantitative estimate of drug-likeness (QED) is 0.659. The number of rotatable bonds is 5. The first-order chi connectivity index (χ1) is 11.5. The van der Waals surface area contributed by atoms with Gasteiger partial charge in [-0.15, -0.1) is 23.7 Å². The second-order valence-electron chi connectivity index (χ2n) is 4.79. The summed E-state index contributed by atoms with van der Waals surface area (Å²) in [5, 5.41) is 4.24. The molecule has 3 heterocycles. The Morgan fingerprint density at radius 1 is 1.28 bits per heavy atom. The summed E-state index contributed by atoms with van der Waals surface area (Å²) in [6.07, 6.45) is 3.66. The zero-order valence-corrected chi connectivity index (χ0v) is 15.3. The van der Waals surface area contributed by atoms with Crippen molar-refractivity contribution in [2.75, 3.05) is 7.05 Å². The Balaban J connectivity index is 0.00000225. The summed E-state index contributed by atoms with van der Waals surface area (Å²) in [7, 11) is -2.56. The molecule has 0 aliphatic heterocycles. The molecule has 3 aromatic heterocycles. The lowest BCUT2D eigenvalue weighted by Crippen LogP contribution is -2.14. The maximum Gasteiger partial charge on any atom is 0.295 e. The number of nitrogens with zero attached hydrogens (tertiary/aromatic N) is 3. The van der Waals surface area contributed by atoms with Crippen LogP contribution in [0.25, 0.3) is 11.3 Å². The lowest BCUT2D eigenvalue weighted by molar-refractivity contribution is 0.574. The molecule has 3 aromatic rings. The maximum absolute atomic E-state index is 14.8. The summed E-state index contributed by atoms with van der Waals surface area (Å²) in [4.78, 5) is 7.24. The van der Waals surface area contributed by atoms with Crippen LogP contribution in [0.1, 0.15) is 5.56 Å². The predicted molar refractivity (Wildman–Crippen MR) is 92.3 cm³/mol. The molecule has 0 saturated heterocycles. The molecule has 0 unspecified atom stereocenters. The lowest BCUT2D eigenvalue weighted by atomic mass is 10.2. The van der Waals surface area contributed by atoms with Gasteiger partial charge in [0.1, 0.15) is 5.69 Å². The van der Waals surface area contributed by atoms with E-state index in [0.717, 1.165) is 17.5 Å². The second-order valence-corrected chi connectivity index (χ2v) is 7.67. The van der Waals surface area contributed by atoms with Gasteiger partial charge in [-0.2, -0.15) is 12.8 Å². The molecule has 0 fully saturated rings. The molecule has 25 heavy (non-hydrogen) atoms. The van der Waals surface area contributed by atoms with Crippen molar-refractivity contribution in [1.29, 1.82) is 0 Å². The van der Waals surface area contributed by atoms with E-state index in [4.69, 9.17) is 0 Å². The largest absolute Gasteiger partial charge is 0.316 e. The zero-order chi connectivity index (χ0) is 17.3. The van der Waals surface area contributed by atoms with Crippen molar-refractivity contribution < 1.29 is 17.2 Å². The third-order valence-electron chi connectivity index (χ3n) is 3.25. The van der Waals surface area contributed by atoms with Crippen molar-refractivity contribution in [3.05, 3.63) is 53.4 Å². The molecule has 0 aliphatic rings. The van der Waals surface area contributed by atoms with Crippen LogP contribution >= 0.6 is 23.7 Å². The predicted octanol–water partition coefficient (Wildman–Crippen LogP) is 2.66. The molecule has 0 spiro atoms. The molecule has 134 valence electrons. The molecule has 11 heteroatoms. The molecule has 0 aromatic carbocycles. The Kier molecular flexibility index (Phi) is 5.88. The molecule has 3 rings (SSSR count). The van der Waals surface area contributed by atoms with Crippen LogP contribution in [0.15, 0.2) is 40.4 Å². The fourth-order valence-corrected chi connectivity index (χ4v) is 4.54.